The molecule has 1 rings (SSSR count). The Morgan fingerprint density at radius 2 is 1.76 bits per heavy atom. The van der Waals surface area contributed by atoms with Crippen LogP contribution in [0.15, 0.2) is 24.3 Å². The fraction of sp³-hybridized carbons (Fsp3) is 0.625. The van der Waals surface area contributed by atoms with Crippen molar-refractivity contribution >= 4 is 0 Å². The van der Waals surface area contributed by atoms with Crippen LogP contribution in [-0.2, 0) is 0 Å². The molecule has 0 aliphatic rings. The summed E-state index contributed by atoms with van der Waals surface area (Å²) >= 11 is 0. The second-order valence-corrected chi connectivity index (χ2v) is 5.42. The normalized spacial score (nSPS) is 16.5. The highest BCUT2D eigenvalue weighted by atomic mass is 16.3. The van der Waals surface area contributed by atoms with Gasteiger partial charge in [0.05, 0.1) is 0 Å². The van der Waals surface area contributed by atoms with E-state index in [4.69, 9.17) is 0 Å². The first-order valence-electron chi connectivity index (χ1n) is 6.82. The molecule has 2 atom stereocenters. The van der Waals surface area contributed by atoms with Crippen LogP contribution >= 0.6 is 0 Å². The molecule has 0 heterocycles. The minimum atomic E-state index is 0.354. The van der Waals surface area contributed by atoms with Crippen LogP contribution < -0.4 is 0 Å². The van der Waals surface area contributed by atoms with E-state index in [1.54, 1.807) is 12.1 Å². The van der Waals surface area contributed by atoms with E-state index in [0.29, 0.717) is 17.1 Å². The summed E-state index contributed by atoms with van der Waals surface area (Å²) in [5.41, 5.74) is 1.70. The standard InChI is InChI=1S/C16H26O/c1-5-7-12-16(4,6-2)13(3)14-8-10-15(17)11-9-14/h8-11,13,17H,5-7,12H2,1-4H3. The van der Waals surface area contributed by atoms with Crippen molar-refractivity contribution in [3.05, 3.63) is 29.8 Å². The maximum Gasteiger partial charge on any atom is 0.115 e. The van der Waals surface area contributed by atoms with Gasteiger partial charge in [-0.05, 0) is 35.4 Å². The van der Waals surface area contributed by atoms with Crippen molar-refractivity contribution in [2.24, 2.45) is 5.41 Å². The lowest BCUT2D eigenvalue weighted by molar-refractivity contribution is 0.225. The van der Waals surface area contributed by atoms with E-state index in [1.807, 2.05) is 0 Å². The number of hydrogen-bond acceptors (Lipinski definition) is 1. The molecule has 96 valence electrons. The molecule has 1 aromatic rings. The van der Waals surface area contributed by atoms with Crippen LogP contribution in [0.2, 0.25) is 0 Å². The summed E-state index contributed by atoms with van der Waals surface area (Å²) in [7, 11) is 0. The molecule has 0 aliphatic heterocycles. The van der Waals surface area contributed by atoms with Gasteiger partial charge in [-0.3, -0.25) is 0 Å². The van der Waals surface area contributed by atoms with Crippen LogP contribution in [0, 0.1) is 5.41 Å². The van der Waals surface area contributed by atoms with Gasteiger partial charge in [-0.15, -0.1) is 0 Å². The van der Waals surface area contributed by atoms with E-state index in [0.717, 1.165) is 0 Å². The first-order chi connectivity index (χ1) is 8.03. The lowest BCUT2D eigenvalue weighted by atomic mass is 9.69. The van der Waals surface area contributed by atoms with Crippen LogP contribution in [0.4, 0.5) is 0 Å². The van der Waals surface area contributed by atoms with Gasteiger partial charge in [0, 0.05) is 0 Å². The molecule has 0 fully saturated rings. The molecule has 1 N–H and O–H groups in total. The van der Waals surface area contributed by atoms with Gasteiger partial charge in [-0.25, -0.2) is 0 Å². The van der Waals surface area contributed by atoms with E-state index in [2.05, 4.69) is 39.8 Å². The highest BCUT2D eigenvalue weighted by molar-refractivity contribution is 5.29. The van der Waals surface area contributed by atoms with Crippen molar-refractivity contribution in [1.82, 2.24) is 0 Å². The zero-order valence-electron chi connectivity index (χ0n) is 11.7. The van der Waals surface area contributed by atoms with E-state index in [-0.39, 0.29) is 0 Å². The number of phenols is 1. The predicted molar refractivity (Wildman–Crippen MR) is 74.4 cm³/mol. The first-order valence-corrected chi connectivity index (χ1v) is 6.82. The Balaban J connectivity index is 2.84. The van der Waals surface area contributed by atoms with Gasteiger partial charge in [-0.1, -0.05) is 59.1 Å². The molecule has 0 saturated heterocycles. The highest BCUT2D eigenvalue weighted by Gasteiger charge is 2.29. The molecule has 1 nitrogen and oxygen atoms in total. The minimum Gasteiger partial charge on any atom is -0.508 e. The number of rotatable bonds is 6. The quantitative estimate of drug-likeness (QED) is 0.725. The summed E-state index contributed by atoms with van der Waals surface area (Å²) in [6, 6.07) is 7.70. The number of benzene rings is 1. The molecule has 17 heavy (non-hydrogen) atoms. The van der Waals surface area contributed by atoms with Crippen molar-refractivity contribution < 1.29 is 5.11 Å². The van der Waals surface area contributed by atoms with Crippen molar-refractivity contribution in [3.63, 3.8) is 0 Å². The zero-order valence-corrected chi connectivity index (χ0v) is 11.7. The van der Waals surface area contributed by atoms with Crippen molar-refractivity contribution in [2.75, 3.05) is 0 Å². The fourth-order valence-electron chi connectivity index (χ4n) is 2.45. The molecule has 0 saturated carbocycles. The molecule has 0 aromatic heterocycles. The van der Waals surface area contributed by atoms with Crippen LogP contribution in [-0.4, -0.2) is 5.11 Å². The van der Waals surface area contributed by atoms with Crippen molar-refractivity contribution in [3.8, 4) is 5.75 Å². The van der Waals surface area contributed by atoms with Gasteiger partial charge >= 0.3 is 0 Å². The number of aromatic hydroxyl groups is 1. The number of unbranched alkanes of at least 4 members (excludes halogenated alkanes) is 1. The van der Waals surface area contributed by atoms with Gasteiger partial charge in [0.15, 0.2) is 0 Å². The summed E-state index contributed by atoms with van der Waals surface area (Å²) in [4.78, 5) is 0. The van der Waals surface area contributed by atoms with E-state index in [1.165, 1.54) is 31.2 Å². The van der Waals surface area contributed by atoms with E-state index in [9.17, 15) is 5.11 Å². The third-order valence-electron chi connectivity index (χ3n) is 4.35. The van der Waals surface area contributed by atoms with Gasteiger partial charge in [0.25, 0.3) is 0 Å². The smallest absolute Gasteiger partial charge is 0.115 e. The van der Waals surface area contributed by atoms with Crippen LogP contribution in [0.1, 0.15) is 64.9 Å². The maximum absolute atomic E-state index is 9.34. The Kier molecular flexibility index (Phi) is 5.04. The Bertz CT molecular complexity index is 328. The van der Waals surface area contributed by atoms with Crippen LogP contribution in [0.25, 0.3) is 0 Å². The Morgan fingerprint density at radius 3 is 2.24 bits per heavy atom. The number of phenolic OH excluding ortho intramolecular Hbond substituents is 1. The zero-order chi connectivity index (χ0) is 12.9. The van der Waals surface area contributed by atoms with Gasteiger partial charge in [0.2, 0.25) is 0 Å². The topological polar surface area (TPSA) is 20.2 Å². The minimum absolute atomic E-state index is 0.354. The Morgan fingerprint density at radius 1 is 1.18 bits per heavy atom. The van der Waals surface area contributed by atoms with Gasteiger partial charge in [0.1, 0.15) is 5.75 Å². The molecular weight excluding hydrogens is 208 g/mol. The van der Waals surface area contributed by atoms with Crippen LogP contribution in [0.3, 0.4) is 0 Å². The third-order valence-corrected chi connectivity index (χ3v) is 4.35. The molecule has 0 spiro atoms. The summed E-state index contributed by atoms with van der Waals surface area (Å²) in [6.07, 6.45) is 5.04. The largest absolute Gasteiger partial charge is 0.508 e. The molecule has 1 aromatic carbocycles. The Hall–Kier alpha value is -0.980. The number of hydrogen-bond donors (Lipinski definition) is 1. The summed E-state index contributed by atoms with van der Waals surface area (Å²) < 4.78 is 0. The van der Waals surface area contributed by atoms with Crippen molar-refractivity contribution in [2.45, 2.75) is 59.3 Å². The van der Waals surface area contributed by atoms with E-state index < -0.39 is 0 Å². The monoisotopic (exact) mass is 234 g/mol. The van der Waals surface area contributed by atoms with Gasteiger partial charge < -0.3 is 5.11 Å². The second kappa shape index (κ2) is 6.09. The Labute approximate surface area is 106 Å². The van der Waals surface area contributed by atoms with Gasteiger partial charge in [-0.2, -0.15) is 0 Å². The predicted octanol–water partition coefficient (Wildman–Crippen LogP) is 5.10. The molecule has 2 unspecified atom stereocenters. The first kappa shape index (κ1) is 14.1. The average Bonchev–Trinajstić information content (AvgIpc) is 2.36. The molecule has 1 heteroatoms. The summed E-state index contributed by atoms with van der Waals surface area (Å²) in [5, 5.41) is 9.34. The molecule has 0 aliphatic carbocycles. The SMILES string of the molecule is CCCCC(C)(CC)C(C)c1ccc(O)cc1. The maximum atomic E-state index is 9.34. The summed E-state index contributed by atoms with van der Waals surface area (Å²) in [5.74, 6) is 0.896. The van der Waals surface area contributed by atoms with Crippen molar-refractivity contribution in [1.29, 1.82) is 0 Å². The molecule has 0 bridgehead atoms. The second-order valence-electron chi connectivity index (χ2n) is 5.42. The van der Waals surface area contributed by atoms with E-state index >= 15 is 0 Å². The average molecular weight is 234 g/mol. The molecular formula is C16H26O. The third kappa shape index (κ3) is 3.49. The highest BCUT2D eigenvalue weighted by Crippen LogP contribution is 2.42. The lowest BCUT2D eigenvalue weighted by Gasteiger charge is -2.35. The fourth-order valence-corrected chi connectivity index (χ4v) is 2.45. The molecule has 0 radical (unpaired) electrons. The van der Waals surface area contributed by atoms with Crippen LogP contribution in [0.5, 0.6) is 5.75 Å². The lowest BCUT2D eigenvalue weighted by Crippen LogP contribution is -2.23. The summed E-state index contributed by atoms with van der Waals surface area (Å²) in [6.45, 7) is 9.24. The molecule has 0 amide bonds.